The lowest BCUT2D eigenvalue weighted by Gasteiger charge is -2.23. The van der Waals surface area contributed by atoms with E-state index >= 15 is 0 Å². The van der Waals surface area contributed by atoms with Gasteiger partial charge in [-0.25, -0.2) is 0 Å². The van der Waals surface area contributed by atoms with Gasteiger partial charge in [-0.05, 0) is 37.2 Å². The highest BCUT2D eigenvalue weighted by Crippen LogP contribution is 2.34. The molecular weight excluding hydrogens is 290 g/mol. The van der Waals surface area contributed by atoms with E-state index in [1.807, 2.05) is 0 Å². The molecular formula is C14H19N3O3S. The topological polar surface area (TPSA) is 97.1 Å². The lowest BCUT2D eigenvalue weighted by molar-refractivity contribution is 0.368. The molecule has 114 valence electrons. The third kappa shape index (κ3) is 4.49. The SMILES string of the molecule is Oc1cc(/C=N/NC(=S)NC2CCCCC2)cc(O)c1O. The van der Waals surface area contributed by atoms with Crippen LogP contribution in [0.15, 0.2) is 17.2 Å². The molecule has 0 heterocycles. The molecule has 0 amide bonds. The number of aromatic hydroxyl groups is 3. The van der Waals surface area contributed by atoms with Crippen molar-refractivity contribution in [2.75, 3.05) is 0 Å². The number of phenols is 3. The number of nitrogens with one attached hydrogen (secondary N) is 2. The third-order valence-corrected chi connectivity index (χ3v) is 3.62. The van der Waals surface area contributed by atoms with Crippen LogP contribution in [0.5, 0.6) is 17.2 Å². The summed E-state index contributed by atoms with van der Waals surface area (Å²) < 4.78 is 0. The van der Waals surface area contributed by atoms with Gasteiger partial charge >= 0.3 is 0 Å². The van der Waals surface area contributed by atoms with Crippen LogP contribution in [-0.4, -0.2) is 32.7 Å². The summed E-state index contributed by atoms with van der Waals surface area (Å²) in [7, 11) is 0. The number of nitrogens with zero attached hydrogens (tertiary/aromatic N) is 1. The normalized spacial score (nSPS) is 16.0. The van der Waals surface area contributed by atoms with E-state index < -0.39 is 17.2 Å². The van der Waals surface area contributed by atoms with E-state index in [9.17, 15) is 15.3 Å². The fourth-order valence-corrected chi connectivity index (χ4v) is 2.55. The fraction of sp³-hybridized carbons (Fsp3) is 0.429. The van der Waals surface area contributed by atoms with Crippen LogP contribution in [0.3, 0.4) is 0 Å². The number of hydrazone groups is 1. The first kappa shape index (κ1) is 15.4. The molecule has 1 aromatic rings. The van der Waals surface area contributed by atoms with E-state index in [0.717, 1.165) is 12.8 Å². The van der Waals surface area contributed by atoms with Crippen LogP contribution in [0.1, 0.15) is 37.7 Å². The first-order valence-electron chi connectivity index (χ1n) is 6.91. The van der Waals surface area contributed by atoms with Gasteiger partial charge in [-0.1, -0.05) is 19.3 Å². The smallest absolute Gasteiger partial charge is 0.200 e. The van der Waals surface area contributed by atoms with Crippen molar-refractivity contribution in [1.29, 1.82) is 0 Å². The van der Waals surface area contributed by atoms with Gasteiger partial charge in [0.15, 0.2) is 22.4 Å². The summed E-state index contributed by atoms with van der Waals surface area (Å²) in [6.45, 7) is 0. The van der Waals surface area contributed by atoms with E-state index in [0.29, 0.717) is 16.7 Å². The molecule has 21 heavy (non-hydrogen) atoms. The Bertz CT molecular complexity index is 519. The van der Waals surface area contributed by atoms with Crippen LogP contribution in [0.2, 0.25) is 0 Å². The van der Waals surface area contributed by atoms with Crippen LogP contribution < -0.4 is 10.7 Å². The Balaban J connectivity index is 1.85. The Kier molecular flexibility index (Phi) is 5.21. The van der Waals surface area contributed by atoms with E-state index in [4.69, 9.17) is 12.2 Å². The molecule has 1 aliphatic rings. The monoisotopic (exact) mass is 309 g/mol. The number of rotatable bonds is 3. The molecule has 5 N–H and O–H groups in total. The van der Waals surface area contributed by atoms with Crippen molar-refractivity contribution in [1.82, 2.24) is 10.7 Å². The molecule has 0 bridgehead atoms. The van der Waals surface area contributed by atoms with Crippen molar-refractivity contribution < 1.29 is 15.3 Å². The highest BCUT2D eigenvalue weighted by Gasteiger charge is 2.13. The minimum Gasteiger partial charge on any atom is -0.504 e. The summed E-state index contributed by atoms with van der Waals surface area (Å²) >= 11 is 5.15. The number of thiocarbonyl (C=S) groups is 1. The Hall–Kier alpha value is -2.02. The Morgan fingerprint density at radius 2 is 1.76 bits per heavy atom. The van der Waals surface area contributed by atoms with E-state index in [1.165, 1.54) is 37.6 Å². The van der Waals surface area contributed by atoms with Gasteiger partial charge in [0, 0.05) is 11.6 Å². The van der Waals surface area contributed by atoms with Gasteiger partial charge in [0.25, 0.3) is 0 Å². The molecule has 0 unspecified atom stereocenters. The third-order valence-electron chi connectivity index (χ3n) is 3.41. The molecule has 7 heteroatoms. The molecule has 1 fully saturated rings. The van der Waals surface area contributed by atoms with Crippen LogP contribution in [0, 0.1) is 0 Å². The van der Waals surface area contributed by atoms with Crippen molar-refractivity contribution in [3.8, 4) is 17.2 Å². The van der Waals surface area contributed by atoms with Gasteiger partial charge in [0.2, 0.25) is 0 Å². The lowest BCUT2D eigenvalue weighted by Crippen LogP contribution is -2.40. The summed E-state index contributed by atoms with van der Waals surface area (Å²) in [5.41, 5.74) is 3.14. The van der Waals surface area contributed by atoms with E-state index in [2.05, 4.69) is 15.8 Å². The highest BCUT2D eigenvalue weighted by molar-refractivity contribution is 7.80. The molecule has 0 aliphatic heterocycles. The maximum absolute atomic E-state index is 9.38. The number of hydrogen-bond donors (Lipinski definition) is 5. The number of benzene rings is 1. The van der Waals surface area contributed by atoms with Gasteiger partial charge in [-0.2, -0.15) is 5.10 Å². The highest BCUT2D eigenvalue weighted by atomic mass is 32.1. The summed E-state index contributed by atoms with van der Waals surface area (Å²) in [5.74, 6) is -1.35. The molecule has 1 aromatic carbocycles. The molecule has 1 saturated carbocycles. The molecule has 0 spiro atoms. The summed E-state index contributed by atoms with van der Waals surface area (Å²) in [4.78, 5) is 0. The molecule has 0 saturated heterocycles. The van der Waals surface area contributed by atoms with Crippen molar-refractivity contribution in [2.45, 2.75) is 38.1 Å². The van der Waals surface area contributed by atoms with E-state index in [-0.39, 0.29) is 0 Å². The molecule has 1 aliphatic carbocycles. The van der Waals surface area contributed by atoms with Gasteiger partial charge < -0.3 is 20.6 Å². The minimum atomic E-state index is -0.547. The van der Waals surface area contributed by atoms with Crippen molar-refractivity contribution in [3.05, 3.63) is 17.7 Å². The second-order valence-electron chi connectivity index (χ2n) is 5.09. The zero-order valence-corrected chi connectivity index (χ0v) is 12.4. The second kappa shape index (κ2) is 7.12. The first-order chi connectivity index (χ1) is 10.1. The first-order valence-corrected chi connectivity index (χ1v) is 7.31. The zero-order valence-electron chi connectivity index (χ0n) is 11.5. The van der Waals surface area contributed by atoms with Crippen molar-refractivity contribution in [2.24, 2.45) is 5.10 Å². The average molecular weight is 309 g/mol. The predicted molar refractivity (Wildman–Crippen MR) is 84.8 cm³/mol. The molecule has 0 aromatic heterocycles. The van der Waals surface area contributed by atoms with Crippen LogP contribution in [0.4, 0.5) is 0 Å². The Morgan fingerprint density at radius 1 is 1.14 bits per heavy atom. The van der Waals surface area contributed by atoms with Crippen LogP contribution >= 0.6 is 12.2 Å². The average Bonchev–Trinajstić information content (AvgIpc) is 2.45. The Morgan fingerprint density at radius 3 is 2.38 bits per heavy atom. The molecule has 6 nitrogen and oxygen atoms in total. The van der Waals surface area contributed by atoms with Crippen molar-refractivity contribution in [3.63, 3.8) is 0 Å². The zero-order chi connectivity index (χ0) is 15.2. The molecule has 0 radical (unpaired) electrons. The Labute approximate surface area is 128 Å². The predicted octanol–water partition coefficient (Wildman–Crippen LogP) is 1.93. The van der Waals surface area contributed by atoms with Gasteiger partial charge in [-0.15, -0.1) is 0 Å². The van der Waals surface area contributed by atoms with Gasteiger partial charge in [-0.3, -0.25) is 5.43 Å². The number of phenolic OH excluding ortho intramolecular Hbond substituents is 3. The largest absolute Gasteiger partial charge is 0.504 e. The maximum atomic E-state index is 9.38. The second-order valence-corrected chi connectivity index (χ2v) is 5.49. The minimum absolute atomic E-state index is 0.399. The maximum Gasteiger partial charge on any atom is 0.200 e. The van der Waals surface area contributed by atoms with Crippen LogP contribution in [-0.2, 0) is 0 Å². The van der Waals surface area contributed by atoms with Crippen molar-refractivity contribution >= 4 is 23.5 Å². The molecule has 2 rings (SSSR count). The molecule has 0 atom stereocenters. The quantitative estimate of drug-likeness (QED) is 0.253. The lowest BCUT2D eigenvalue weighted by atomic mass is 9.96. The van der Waals surface area contributed by atoms with Crippen LogP contribution in [0.25, 0.3) is 0 Å². The summed E-state index contributed by atoms with van der Waals surface area (Å²) in [5, 5.41) is 35.6. The number of hydrogen-bond acceptors (Lipinski definition) is 5. The van der Waals surface area contributed by atoms with Gasteiger partial charge in [0.1, 0.15) is 0 Å². The standard InChI is InChI=1S/C14H19N3O3S/c18-11-6-9(7-12(19)13(11)20)8-15-17-14(21)16-10-4-2-1-3-5-10/h6-8,10,18-20H,1-5H2,(H2,16,17,21)/b15-8+. The van der Waals surface area contributed by atoms with E-state index in [1.54, 1.807) is 0 Å². The fourth-order valence-electron chi connectivity index (χ4n) is 2.33. The summed E-state index contributed by atoms with van der Waals surface area (Å²) in [6.07, 6.45) is 7.35. The van der Waals surface area contributed by atoms with Gasteiger partial charge in [0.05, 0.1) is 6.21 Å². The summed E-state index contributed by atoms with van der Waals surface area (Å²) in [6, 6.07) is 2.98.